The number of nitrogens with zero attached hydrogens (tertiary/aromatic N) is 1. The summed E-state index contributed by atoms with van der Waals surface area (Å²) in [5, 5.41) is 3.77. The Morgan fingerprint density at radius 2 is 2.29 bits per heavy atom. The Kier molecular flexibility index (Phi) is 4.60. The SMILES string of the molecule is CCCNC(c1ccc(C)nc1)C1CCOC2(CCC2)C1. The molecule has 1 saturated heterocycles. The van der Waals surface area contributed by atoms with Crippen LogP contribution >= 0.6 is 0 Å². The maximum absolute atomic E-state index is 6.10. The summed E-state index contributed by atoms with van der Waals surface area (Å²) in [6.45, 7) is 6.28. The molecule has 0 radical (unpaired) electrons. The topological polar surface area (TPSA) is 34.2 Å². The third-order valence-electron chi connectivity index (χ3n) is 5.17. The van der Waals surface area contributed by atoms with Crippen LogP contribution in [-0.2, 0) is 4.74 Å². The van der Waals surface area contributed by atoms with E-state index in [9.17, 15) is 0 Å². The number of ether oxygens (including phenoxy) is 1. The highest BCUT2D eigenvalue weighted by molar-refractivity contribution is 5.19. The molecule has 2 heterocycles. The maximum atomic E-state index is 6.10. The fraction of sp³-hybridized carbons (Fsp3) is 0.722. The Morgan fingerprint density at radius 1 is 1.43 bits per heavy atom. The van der Waals surface area contributed by atoms with Crippen LogP contribution in [0.25, 0.3) is 0 Å². The maximum Gasteiger partial charge on any atom is 0.0686 e. The number of aromatic nitrogens is 1. The van der Waals surface area contributed by atoms with Crippen molar-refractivity contribution in [3.05, 3.63) is 29.6 Å². The number of aryl methyl sites for hydroxylation is 1. The average Bonchev–Trinajstić information content (AvgIpc) is 2.48. The molecule has 3 nitrogen and oxygen atoms in total. The van der Waals surface area contributed by atoms with E-state index in [1.165, 1.54) is 37.7 Å². The lowest BCUT2D eigenvalue weighted by Gasteiger charge is -2.49. The van der Waals surface area contributed by atoms with Crippen molar-refractivity contribution in [2.45, 2.75) is 64.0 Å². The zero-order chi connectivity index (χ0) is 14.7. The van der Waals surface area contributed by atoms with Crippen molar-refractivity contribution in [1.29, 1.82) is 0 Å². The summed E-state index contributed by atoms with van der Waals surface area (Å²) in [5.41, 5.74) is 2.65. The van der Waals surface area contributed by atoms with E-state index in [-0.39, 0.29) is 5.60 Å². The van der Waals surface area contributed by atoms with Crippen molar-refractivity contribution < 1.29 is 4.74 Å². The van der Waals surface area contributed by atoms with Gasteiger partial charge in [0.2, 0.25) is 0 Å². The summed E-state index contributed by atoms with van der Waals surface area (Å²) in [7, 11) is 0. The number of nitrogens with one attached hydrogen (secondary N) is 1. The van der Waals surface area contributed by atoms with Gasteiger partial charge in [0.05, 0.1) is 5.60 Å². The molecular formula is C18H28N2O. The lowest BCUT2D eigenvalue weighted by Crippen LogP contribution is -2.48. The largest absolute Gasteiger partial charge is 0.375 e. The molecule has 1 spiro atoms. The van der Waals surface area contributed by atoms with Crippen LogP contribution in [0.4, 0.5) is 0 Å². The molecule has 1 aliphatic carbocycles. The Bertz CT molecular complexity index is 453. The summed E-state index contributed by atoms with van der Waals surface area (Å²) < 4.78 is 6.10. The third kappa shape index (κ3) is 3.29. The van der Waals surface area contributed by atoms with Crippen molar-refractivity contribution in [1.82, 2.24) is 10.3 Å². The Labute approximate surface area is 128 Å². The van der Waals surface area contributed by atoms with Gasteiger partial charge in [0.1, 0.15) is 0 Å². The lowest BCUT2D eigenvalue weighted by atomic mass is 9.69. The fourth-order valence-corrected chi connectivity index (χ4v) is 3.79. The van der Waals surface area contributed by atoms with Crippen LogP contribution in [0.1, 0.15) is 62.7 Å². The van der Waals surface area contributed by atoms with E-state index >= 15 is 0 Å². The first-order chi connectivity index (χ1) is 10.2. The molecule has 0 bridgehead atoms. The molecule has 1 aromatic heterocycles. The second kappa shape index (κ2) is 6.45. The van der Waals surface area contributed by atoms with Gasteiger partial charge in [-0.05, 0) is 69.5 Å². The van der Waals surface area contributed by atoms with Crippen LogP contribution < -0.4 is 5.32 Å². The minimum absolute atomic E-state index is 0.215. The number of pyridine rings is 1. The van der Waals surface area contributed by atoms with E-state index in [4.69, 9.17) is 4.74 Å². The van der Waals surface area contributed by atoms with Crippen molar-refractivity contribution >= 4 is 0 Å². The summed E-state index contributed by atoms with van der Waals surface area (Å²) in [6, 6.07) is 4.81. The Hall–Kier alpha value is -0.930. The molecule has 116 valence electrons. The predicted molar refractivity (Wildman–Crippen MR) is 85.3 cm³/mol. The zero-order valence-electron chi connectivity index (χ0n) is 13.4. The molecule has 1 N–H and O–H groups in total. The van der Waals surface area contributed by atoms with E-state index < -0.39 is 0 Å². The molecule has 0 amide bonds. The van der Waals surface area contributed by atoms with E-state index in [1.54, 1.807) is 0 Å². The van der Waals surface area contributed by atoms with Gasteiger partial charge < -0.3 is 10.1 Å². The van der Waals surface area contributed by atoms with E-state index in [0.717, 1.165) is 25.3 Å². The standard InChI is InChI=1S/C18H28N2O/c1-3-10-19-17(16-6-5-14(2)20-13-16)15-7-11-21-18(12-15)8-4-9-18/h5-6,13,15,17,19H,3-4,7-12H2,1-2H3. The van der Waals surface area contributed by atoms with Crippen LogP contribution in [0, 0.1) is 12.8 Å². The third-order valence-corrected chi connectivity index (χ3v) is 5.17. The van der Waals surface area contributed by atoms with Gasteiger partial charge in [-0.3, -0.25) is 4.98 Å². The molecule has 2 unspecified atom stereocenters. The van der Waals surface area contributed by atoms with Gasteiger partial charge in [-0.15, -0.1) is 0 Å². The molecule has 2 aliphatic rings. The Morgan fingerprint density at radius 3 is 2.90 bits per heavy atom. The molecule has 2 atom stereocenters. The van der Waals surface area contributed by atoms with Gasteiger partial charge in [-0.2, -0.15) is 0 Å². The van der Waals surface area contributed by atoms with Crippen LogP contribution in [-0.4, -0.2) is 23.7 Å². The van der Waals surface area contributed by atoms with Crippen LogP contribution in [0.15, 0.2) is 18.3 Å². The van der Waals surface area contributed by atoms with Crippen LogP contribution in [0.3, 0.4) is 0 Å². The predicted octanol–water partition coefficient (Wildman–Crippen LogP) is 3.78. The summed E-state index contributed by atoms with van der Waals surface area (Å²) >= 11 is 0. The second-order valence-electron chi connectivity index (χ2n) is 6.80. The minimum Gasteiger partial charge on any atom is -0.375 e. The fourth-order valence-electron chi connectivity index (χ4n) is 3.79. The first-order valence-corrected chi connectivity index (χ1v) is 8.52. The van der Waals surface area contributed by atoms with Gasteiger partial charge in [0, 0.05) is 24.5 Å². The molecule has 0 aromatic carbocycles. The molecule has 1 aromatic rings. The monoisotopic (exact) mass is 288 g/mol. The van der Waals surface area contributed by atoms with E-state index in [0.29, 0.717) is 12.0 Å². The first-order valence-electron chi connectivity index (χ1n) is 8.52. The summed E-state index contributed by atoms with van der Waals surface area (Å²) in [4.78, 5) is 4.50. The Balaban J connectivity index is 1.76. The van der Waals surface area contributed by atoms with E-state index in [2.05, 4.69) is 42.5 Å². The number of rotatable bonds is 5. The lowest BCUT2D eigenvalue weighted by molar-refractivity contribution is -0.147. The number of hydrogen-bond donors (Lipinski definition) is 1. The van der Waals surface area contributed by atoms with Gasteiger partial charge in [0.25, 0.3) is 0 Å². The van der Waals surface area contributed by atoms with Gasteiger partial charge in [-0.25, -0.2) is 0 Å². The molecule has 3 rings (SSSR count). The quantitative estimate of drug-likeness (QED) is 0.895. The summed E-state index contributed by atoms with van der Waals surface area (Å²) in [5.74, 6) is 0.676. The van der Waals surface area contributed by atoms with Crippen molar-refractivity contribution in [2.24, 2.45) is 5.92 Å². The van der Waals surface area contributed by atoms with Crippen molar-refractivity contribution in [3.8, 4) is 0 Å². The smallest absolute Gasteiger partial charge is 0.0686 e. The average molecular weight is 288 g/mol. The first kappa shape index (κ1) is 15.0. The highest BCUT2D eigenvalue weighted by atomic mass is 16.5. The van der Waals surface area contributed by atoms with Crippen molar-refractivity contribution in [2.75, 3.05) is 13.2 Å². The molecule has 1 aliphatic heterocycles. The molecule has 3 heteroatoms. The normalized spacial score (nSPS) is 25.5. The highest BCUT2D eigenvalue weighted by Gasteiger charge is 2.44. The van der Waals surface area contributed by atoms with Crippen LogP contribution in [0.5, 0.6) is 0 Å². The zero-order valence-corrected chi connectivity index (χ0v) is 13.4. The minimum atomic E-state index is 0.215. The summed E-state index contributed by atoms with van der Waals surface area (Å²) in [6.07, 6.45) is 9.47. The molecular weight excluding hydrogens is 260 g/mol. The number of hydrogen-bond acceptors (Lipinski definition) is 3. The second-order valence-corrected chi connectivity index (χ2v) is 6.80. The van der Waals surface area contributed by atoms with Crippen LogP contribution in [0.2, 0.25) is 0 Å². The van der Waals surface area contributed by atoms with Gasteiger partial charge in [-0.1, -0.05) is 13.0 Å². The van der Waals surface area contributed by atoms with Gasteiger partial charge in [0.15, 0.2) is 0 Å². The molecule has 2 fully saturated rings. The van der Waals surface area contributed by atoms with Gasteiger partial charge >= 0.3 is 0 Å². The van der Waals surface area contributed by atoms with Crippen molar-refractivity contribution in [3.63, 3.8) is 0 Å². The highest BCUT2D eigenvalue weighted by Crippen LogP contribution is 2.47. The van der Waals surface area contributed by atoms with E-state index in [1.807, 2.05) is 0 Å². The molecule has 1 saturated carbocycles. The molecule has 21 heavy (non-hydrogen) atoms.